The molecule has 2 aromatic heterocycles. The monoisotopic (exact) mass is 348 g/mol. The van der Waals surface area contributed by atoms with Crippen molar-refractivity contribution >= 4 is 10.9 Å². The summed E-state index contributed by atoms with van der Waals surface area (Å²) in [4.78, 5) is 18.7. The lowest BCUT2D eigenvalue weighted by molar-refractivity contribution is 0.638. The molecular formula is C20H17FN4O. The molecule has 0 atom stereocenters. The van der Waals surface area contributed by atoms with Gasteiger partial charge in [0.25, 0.3) is 5.56 Å². The van der Waals surface area contributed by atoms with E-state index in [1.165, 1.54) is 6.07 Å². The predicted molar refractivity (Wildman–Crippen MR) is 99.1 cm³/mol. The Morgan fingerprint density at radius 3 is 2.38 bits per heavy atom. The lowest BCUT2D eigenvalue weighted by Gasteiger charge is -2.08. The number of rotatable bonds is 2. The Bertz CT molecular complexity index is 1190. The Hall–Kier alpha value is -3.28. The zero-order chi connectivity index (χ0) is 18.4. The van der Waals surface area contributed by atoms with Crippen LogP contribution in [0.4, 0.5) is 4.39 Å². The van der Waals surface area contributed by atoms with Gasteiger partial charge in [0.1, 0.15) is 17.0 Å². The van der Waals surface area contributed by atoms with E-state index in [1.807, 2.05) is 48.9 Å². The van der Waals surface area contributed by atoms with Crippen LogP contribution in [0.15, 0.2) is 47.3 Å². The number of benzene rings is 2. The molecule has 0 amide bonds. The molecule has 0 saturated heterocycles. The van der Waals surface area contributed by atoms with Crippen LogP contribution in [0.3, 0.4) is 0 Å². The van der Waals surface area contributed by atoms with E-state index in [4.69, 9.17) is 0 Å². The Balaban J connectivity index is 1.81. The molecule has 0 aliphatic rings. The molecule has 0 radical (unpaired) electrons. The zero-order valence-corrected chi connectivity index (χ0v) is 14.7. The molecule has 26 heavy (non-hydrogen) atoms. The third kappa shape index (κ3) is 2.69. The van der Waals surface area contributed by atoms with Gasteiger partial charge in [0, 0.05) is 5.69 Å². The first-order valence-corrected chi connectivity index (χ1v) is 8.26. The Labute approximate surface area is 149 Å². The summed E-state index contributed by atoms with van der Waals surface area (Å²) in [5, 5.41) is 4.45. The summed E-state index contributed by atoms with van der Waals surface area (Å²) in [5.41, 5.74) is 4.34. The number of fused-ring (bicyclic) bond motifs is 1. The highest BCUT2D eigenvalue weighted by atomic mass is 19.1. The maximum absolute atomic E-state index is 14.5. The van der Waals surface area contributed by atoms with E-state index >= 15 is 0 Å². The Morgan fingerprint density at radius 1 is 1.00 bits per heavy atom. The van der Waals surface area contributed by atoms with E-state index in [1.54, 1.807) is 13.0 Å². The van der Waals surface area contributed by atoms with Gasteiger partial charge >= 0.3 is 0 Å². The molecule has 0 unspecified atom stereocenters. The number of aromatic amines is 1. The fraction of sp³-hybridized carbons (Fsp3) is 0.150. The number of aromatic nitrogens is 4. The van der Waals surface area contributed by atoms with Crippen LogP contribution < -0.4 is 5.56 Å². The molecule has 2 heterocycles. The first-order chi connectivity index (χ1) is 12.4. The van der Waals surface area contributed by atoms with Gasteiger partial charge in [-0.2, -0.15) is 5.10 Å². The summed E-state index contributed by atoms with van der Waals surface area (Å²) in [5.74, 6) is -0.118. The van der Waals surface area contributed by atoms with E-state index in [-0.39, 0.29) is 5.39 Å². The summed E-state index contributed by atoms with van der Waals surface area (Å²) in [7, 11) is 0. The summed E-state index contributed by atoms with van der Waals surface area (Å²) in [6, 6.07) is 12.8. The van der Waals surface area contributed by atoms with Gasteiger partial charge in [0.05, 0.1) is 16.9 Å². The summed E-state index contributed by atoms with van der Waals surface area (Å²) in [6.07, 6.45) is 0. The molecule has 0 aliphatic heterocycles. The van der Waals surface area contributed by atoms with Crippen molar-refractivity contribution < 1.29 is 4.39 Å². The number of H-pyrrole nitrogens is 1. The third-order valence-corrected chi connectivity index (χ3v) is 4.33. The topological polar surface area (TPSA) is 63.6 Å². The van der Waals surface area contributed by atoms with E-state index < -0.39 is 11.4 Å². The van der Waals surface area contributed by atoms with Crippen molar-refractivity contribution in [3.05, 3.63) is 75.8 Å². The van der Waals surface area contributed by atoms with E-state index in [2.05, 4.69) is 15.1 Å². The molecule has 0 fully saturated rings. The Morgan fingerprint density at radius 2 is 1.73 bits per heavy atom. The van der Waals surface area contributed by atoms with Crippen LogP contribution in [0.2, 0.25) is 0 Å². The van der Waals surface area contributed by atoms with Crippen molar-refractivity contribution in [1.82, 2.24) is 19.7 Å². The van der Waals surface area contributed by atoms with Crippen molar-refractivity contribution in [2.45, 2.75) is 20.8 Å². The quantitative estimate of drug-likeness (QED) is 0.599. The van der Waals surface area contributed by atoms with Gasteiger partial charge in [-0.25, -0.2) is 14.1 Å². The van der Waals surface area contributed by atoms with Gasteiger partial charge in [-0.1, -0.05) is 12.1 Å². The molecule has 130 valence electrons. The van der Waals surface area contributed by atoms with E-state index in [0.29, 0.717) is 16.9 Å². The van der Waals surface area contributed by atoms with Crippen LogP contribution in [-0.2, 0) is 0 Å². The van der Waals surface area contributed by atoms with E-state index in [0.717, 1.165) is 22.6 Å². The number of hydrogen-bond donors (Lipinski definition) is 1. The number of halogens is 1. The normalized spacial score (nSPS) is 11.2. The molecule has 4 rings (SSSR count). The second-order valence-corrected chi connectivity index (χ2v) is 6.39. The molecule has 6 heteroatoms. The van der Waals surface area contributed by atoms with Gasteiger partial charge in [-0.15, -0.1) is 0 Å². The molecule has 0 spiro atoms. The van der Waals surface area contributed by atoms with Crippen LogP contribution in [0.5, 0.6) is 0 Å². The summed E-state index contributed by atoms with van der Waals surface area (Å²) in [6.45, 7) is 5.62. The average Bonchev–Trinajstić information content (AvgIpc) is 2.92. The lowest BCUT2D eigenvalue weighted by atomic mass is 10.0. The van der Waals surface area contributed by atoms with Crippen LogP contribution >= 0.6 is 0 Å². The molecule has 0 aliphatic carbocycles. The smallest absolute Gasteiger partial charge is 0.261 e. The first-order valence-electron chi connectivity index (χ1n) is 8.26. The highest BCUT2D eigenvalue weighted by Gasteiger charge is 2.11. The van der Waals surface area contributed by atoms with Crippen LogP contribution in [0.25, 0.3) is 27.7 Å². The predicted octanol–water partition coefficient (Wildman–Crippen LogP) is 3.84. The number of nitrogens with zero attached hydrogens (tertiary/aromatic N) is 3. The van der Waals surface area contributed by atoms with Crippen molar-refractivity contribution in [3.8, 4) is 16.8 Å². The maximum Gasteiger partial charge on any atom is 0.261 e. The van der Waals surface area contributed by atoms with Crippen LogP contribution in [0.1, 0.15) is 17.2 Å². The SMILES string of the molecule is Cc1cc(C)n(-c2ccc(-c3cc(F)c4c(=O)[nH]c(C)nc4c3)cc2)n1. The molecule has 0 bridgehead atoms. The molecule has 2 aromatic carbocycles. The minimum atomic E-state index is -0.575. The highest BCUT2D eigenvalue weighted by Crippen LogP contribution is 2.26. The summed E-state index contributed by atoms with van der Waals surface area (Å²) >= 11 is 0. The molecule has 1 N–H and O–H groups in total. The van der Waals surface area contributed by atoms with Gasteiger partial charge in [0.2, 0.25) is 0 Å². The first kappa shape index (κ1) is 16.2. The fourth-order valence-electron chi connectivity index (χ4n) is 3.19. The van der Waals surface area contributed by atoms with Gasteiger partial charge in [-0.05, 0) is 62.2 Å². The van der Waals surface area contributed by atoms with Gasteiger partial charge in [-0.3, -0.25) is 4.79 Å². The standard InChI is InChI=1S/C20H17FN4O/c1-11-8-12(2)25(24-11)16-6-4-14(5-7-16)15-9-17(21)19-18(10-15)22-13(3)23-20(19)26/h4-10H,1-3H3,(H,22,23,26). The molecule has 4 aromatic rings. The number of hydrogen-bond acceptors (Lipinski definition) is 3. The van der Waals surface area contributed by atoms with Crippen molar-refractivity contribution in [2.75, 3.05) is 0 Å². The van der Waals surface area contributed by atoms with Crippen molar-refractivity contribution in [2.24, 2.45) is 0 Å². The highest BCUT2D eigenvalue weighted by molar-refractivity contribution is 5.84. The molecule has 0 saturated carbocycles. The van der Waals surface area contributed by atoms with Crippen molar-refractivity contribution in [3.63, 3.8) is 0 Å². The minimum absolute atomic E-state index is 0.0152. The maximum atomic E-state index is 14.5. The lowest BCUT2D eigenvalue weighted by Crippen LogP contribution is -2.11. The van der Waals surface area contributed by atoms with Gasteiger partial charge in [0.15, 0.2) is 0 Å². The van der Waals surface area contributed by atoms with Crippen molar-refractivity contribution in [1.29, 1.82) is 0 Å². The largest absolute Gasteiger partial charge is 0.310 e. The van der Waals surface area contributed by atoms with Gasteiger partial charge < -0.3 is 4.98 Å². The van der Waals surface area contributed by atoms with E-state index in [9.17, 15) is 9.18 Å². The zero-order valence-electron chi connectivity index (χ0n) is 14.7. The average molecular weight is 348 g/mol. The fourth-order valence-corrected chi connectivity index (χ4v) is 3.19. The summed E-state index contributed by atoms with van der Waals surface area (Å²) < 4.78 is 16.3. The van der Waals surface area contributed by atoms with Crippen LogP contribution in [-0.4, -0.2) is 19.7 Å². The second kappa shape index (κ2) is 5.91. The Kier molecular flexibility index (Phi) is 3.68. The number of aryl methyl sites for hydroxylation is 3. The minimum Gasteiger partial charge on any atom is -0.310 e. The molecule has 5 nitrogen and oxygen atoms in total. The third-order valence-electron chi connectivity index (χ3n) is 4.33. The second-order valence-electron chi connectivity index (χ2n) is 6.39. The van der Waals surface area contributed by atoms with Crippen LogP contribution in [0, 0.1) is 26.6 Å². The molecular weight excluding hydrogens is 331 g/mol. The number of nitrogens with one attached hydrogen (secondary N) is 1.